The smallest absolute Gasteiger partial charge is 0.138 e. The molecular formula is C29H37N7. The van der Waals surface area contributed by atoms with Gasteiger partial charge >= 0.3 is 0 Å². The van der Waals surface area contributed by atoms with E-state index in [-0.39, 0.29) is 0 Å². The normalized spacial score (nSPS) is 20.4. The number of rotatable bonds is 6. The molecule has 6 rings (SSSR count). The van der Waals surface area contributed by atoms with Crippen molar-refractivity contribution in [1.82, 2.24) is 29.7 Å². The van der Waals surface area contributed by atoms with Crippen LogP contribution >= 0.6 is 0 Å². The van der Waals surface area contributed by atoms with Crippen LogP contribution in [0, 0.1) is 6.92 Å². The van der Waals surface area contributed by atoms with Crippen LogP contribution in [0.4, 0.5) is 5.82 Å². The summed E-state index contributed by atoms with van der Waals surface area (Å²) in [6.07, 6.45) is 11.3. The molecule has 0 aliphatic carbocycles. The molecule has 7 heteroatoms. The molecule has 1 aromatic carbocycles. The molecule has 4 aromatic rings. The maximum Gasteiger partial charge on any atom is 0.138 e. The third-order valence-corrected chi connectivity index (χ3v) is 8.17. The Morgan fingerprint density at radius 1 is 0.972 bits per heavy atom. The second kappa shape index (κ2) is 10.1. The predicted molar refractivity (Wildman–Crippen MR) is 146 cm³/mol. The lowest BCUT2D eigenvalue weighted by molar-refractivity contribution is 0.0610. The molecule has 36 heavy (non-hydrogen) atoms. The van der Waals surface area contributed by atoms with E-state index in [4.69, 9.17) is 4.98 Å². The van der Waals surface area contributed by atoms with Crippen molar-refractivity contribution in [2.24, 2.45) is 0 Å². The molecule has 3 aromatic heterocycles. The van der Waals surface area contributed by atoms with Gasteiger partial charge in [0.05, 0.1) is 0 Å². The molecule has 2 fully saturated rings. The summed E-state index contributed by atoms with van der Waals surface area (Å²) < 4.78 is 0. The number of piperazine rings is 1. The Morgan fingerprint density at radius 3 is 2.64 bits per heavy atom. The first-order valence-corrected chi connectivity index (χ1v) is 13.4. The van der Waals surface area contributed by atoms with E-state index < -0.39 is 0 Å². The fraction of sp³-hybridized carbons (Fsp3) is 0.448. The SMILES string of the molecule is CCC1CN(c2ncc(-c3ncc[nH]3)cc2C)CCN1C1CCN(Cc2ccc3[nH]ccc3c2)CC1. The van der Waals surface area contributed by atoms with Crippen molar-refractivity contribution in [2.45, 2.75) is 51.7 Å². The average molecular weight is 484 g/mol. The molecule has 1 atom stereocenters. The molecule has 2 aliphatic heterocycles. The van der Waals surface area contributed by atoms with Crippen molar-refractivity contribution >= 4 is 16.7 Å². The second-order valence-electron chi connectivity index (χ2n) is 10.5. The molecule has 2 saturated heterocycles. The molecule has 188 valence electrons. The lowest BCUT2D eigenvalue weighted by Gasteiger charge is -2.48. The highest BCUT2D eigenvalue weighted by molar-refractivity contribution is 5.79. The highest BCUT2D eigenvalue weighted by atomic mass is 15.3. The van der Waals surface area contributed by atoms with Gasteiger partial charge in [0, 0.05) is 74.1 Å². The molecule has 0 saturated carbocycles. The van der Waals surface area contributed by atoms with Gasteiger partial charge in [0.1, 0.15) is 11.6 Å². The number of anilines is 1. The van der Waals surface area contributed by atoms with Crippen molar-refractivity contribution in [2.75, 3.05) is 37.6 Å². The Balaban J connectivity index is 1.06. The number of H-pyrrole nitrogens is 2. The van der Waals surface area contributed by atoms with Gasteiger partial charge in [-0.15, -0.1) is 0 Å². The molecule has 0 spiro atoms. The number of hydrogen-bond donors (Lipinski definition) is 2. The average Bonchev–Trinajstić information content (AvgIpc) is 3.61. The van der Waals surface area contributed by atoms with E-state index in [1.807, 2.05) is 18.6 Å². The molecular weight excluding hydrogens is 446 g/mol. The number of nitrogens with one attached hydrogen (secondary N) is 2. The van der Waals surface area contributed by atoms with Gasteiger partial charge in [-0.1, -0.05) is 13.0 Å². The first-order valence-electron chi connectivity index (χ1n) is 13.4. The van der Waals surface area contributed by atoms with Gasteiger partial charge in [-0.05, 0) is 80.1 Å². The van der Waals surface area contributed by atoms with Gasteiger partial charge < -0.3 is 14.9 Å². The molecule has 2 aliphatic rings. The third-order valence-electron chi connectivity index (χ3n) is 8.17. The fourth-order valence-corrected chi connectivity index (χ4v) is 6.23. The number of aromatic amines is 2. The Morgan fingerprint density at radius 2 is 1.86 bits per heavy atom. The van der Waals surface area contributed by atoms with Gasteiger partial charge in [0.2, 0.25) is 0 Å². The molecule has 7 nitrogen and oxygen atoms in total. The summed E-state index contributed by atoms with van der Waals surface area (Å²) in [6, 6.07) is 12.5. The number of likely N-dealkylation sites (tertiary alicyclic amines) is 1. The van der Waals surface area contributed by atoms with Gasteiger partial charge in [0.15, 0.2) is 0 Å². The van der Waals surface area contributed by atoms with E-state index in [2.05, 4.69) is 73.8 Å². The molecule has 0 bridgehead atoms. The van der Waals surface area contributed by atoms with Crippen LogP contribution in [0.2, 0.25) is 0 Å². The van der Waals surface area contributed by atoms with Crippen LogP contribution < -0.4 is 4.90 Å². The number of imidazole rings is 1. The fourth-order valence-electron chi connectivity index (χ4n) is 6.23. The second-order valence-corrected chi connectivity index (χ2v) is 10.5. The minimum absolute atomic E-state index is 0.581. The number of aromatic nitrogens is 4. The summed E-state index contributed by atoms with van der Waals surface area (Å²) >= 11 is 0. The summed E-state index contributed by atoms with van der Waals surface area (Å²) in [7, 11) is 0. The summed E-state index contributed by atoms with van der Waals surface area (Å²) in [4.78, 5) is 23.7. The molecule has 1 unspecified atom stereocenters. The third kappa shape index (κ3) is 4.65. The monoisotopic (exact) mass is 483 g/mol. The van der Waals surface area contributed by atoms with Crippen molar-refractivity contribution in [3.8, 4) is 11.4 Å². The number of nitrogens with zero attached hydrogens (tertiary/aromatic N) is 5. The summed E-state index contributed by atoms with van der Waals surface area (Å²) in [5.41, 5.74) is 4.91. The Hall–Kier alpha value is -3.16. The van der Waals surface area contributed by atoms with E-state index >= 15 is 0 Å². The van der Waals surface area contributed by atoms with Crippen LogP contribution in [-0.4, -0.2) is 74.5 Å². The van der Waals surface area contributed by atoms with E-state index in [1.54, 1.807) is 6.20 Å². The van der Waals surface area contributed by atoms with Crippen molar-refractivity contribution < 1.29 is 0 Å². The van der Waals surface area contributed by atoms with Gasteiger partial charge in [-0.2, -0.15) is 0 Å². The number of pyridine rings is 1. The largest absolute Gasteiger partial charge is 0.361 e. The first kappa shape index (κ1) is 23.3. The number of benzene rings is 1. The van der Waals surface area contributed by atoms with Gasteiger partial charge in [-0.25, -0.2) is 9.97 Å². The zero-order valence-electron chi connectivity index (χ0n) is 21.5. The lowest BCUT2D eigenvalue weighted by atomic mass is 9.97. The van der Waals surface area contributed by atoms with Crippen molar-refractivity contribution in [3.05, 3.63) is 66.2 Å². The van der Waals surface area contributed by atoms with Gasteiger partial charge in [-0.3, -0.25) is 9.80 Å². The van der Waals surface area contributed by atoms with Crippen LogP contribution in [0.25, 0.3) is 22.3 Å². The number of hydrogen-bond acceptors (Lipinski definition) is 5. The Kier molecular flexibility index (Phi) is 6.50. The predicted octanol–water partition coefficient (Wildman–Crippen LogP) is 4.83. The zero-order valence-corrected chi connectivity index (χ0v) is 21.5. The number of piperidine rings is 1. The maximum absolute atomic E-state index is 4.87. The van der Waals surface area contributed by atoms with Crippen LogP contribution in [0.15, 0.2) is 55.1 Å². The van der Waals surface area contributed by atoms with Crippen LogP contribution in [-0.2, 0) is 6.54 Å². The number of aryl methyl sites for hydroxylation is 1. The summed E-state index contributed by atoms with van der Waals surface area (Å²) in [6.45, 7) is 11.1. The Labute approximate surface area is 213 Å². The minimum atomic E-state index is 0.581. The quantitative estimate of drug-likeness (QED) is 0.411. The van der Waals surface area contributed by atoms with E-state index in [1.165, 1.54) is 54.4 Å². The van der Waals surface area contributed by atoms with Crippen LogP contribution in [0.1, 0.15) is 37.3 Å². The summed E-state index contributed by atoms with van der Waals surface area (Å²) in [5.74, 6) is 2.00. The van der Waals surface area contributed by atoms with Crippen molar-refractivity contribution in [3.63, 3.8) is 0 Å². The maximum atomic E-state index is 4.87. The molecule has 0 amide bonds. The van der Waals surface area contributed by atoms with Crippen LogP contribution in [0.5, 0.6) is 0 Å². The van der Waals surface area contributed by atoms with Crippen LogP contribution in [0.3, 0.4) is 0 Å². The highest BCUT2D eigenvalue weighted by Crippen LogP contribution is 2.29. The molecule has 5 heterocycles. The van der Waals surface area contributed by atoms with E-state index in [0.29, 0.717) is 12.1 Å². The first-order chi connectivity index (χ1) is 17.7. The minimum Gasteiger partial charge on any atom is -0.361 e. The topological polar surface area (TPSA) is 67.1 Å². The van der Waals surface area contributed by atoms with E-state index in [9.17, 15) is 0 Å². The van der Waals surface area contributed by atoms with Crippen molar-refractivity contribution in [1.29, 1.82) is 0 Å². The zero-order chi connectivity index (χ0) is 24.5. The molecule has 0 radical (unpaired) electrons. The van der Waals surface area contributed by atoms with Gasteiger partial charge in [0.25, 0.3) is 0 Å². The standard InChI is InChI=1S/C29H37N7/c1-3-25-20-35(29-21(2)16-24(18-33-29)28-31-10-11-32-28)14-15-36(25)26-7-12-34(13-8-26)19-22-4-5-27-23(17-22)6-9-30-27/h4-6,9-11,16-18,25-26,30H,3,7-8,12-15,19-20H2,1-2H3,(H,31,32). The van der Waals surface area contributed by atoms with E-state index in [0.717, 1.165) is 43.4 Å². The highest BCUT2D eigenvalue weighted by Gasteiger charge is 2.33. The summed E-state index contributed by atoms with van der Waals surface area (Å²) in [5, 5.41) is 1.31. The Bertz CT molecular complexity index is 1290. The lowest BCUT2D eigenvalue weighted by Crippen LogP contribution is -2.58. The number of fused-ring (bicyclic) bond motifs is 1. The molecule has 2 N–H and O–H groups in total.